The smallest absolute Gasteiger partial charge is 0.0512 e. The monoisotopic (exact) mass is 296 g/mol. The second-order valence-electron chi connectivity index (χ2n) is 5.76. The number of nitrogens with zero attached hydrogens (tertiary/aromatic N) is 1. The van der Waals surface area contributed by atoms with Gasteiger partial charge in [-0.15, -0.1) is 0 Å². The van der Waals surface area contributed by atoms with E-state index in [2.05, 4.69) is 72.0 Å². The first-order valence-electron chi connectivity index (χ1n) is 6.16. The van der Waals surface area contributed by atoms with Crippen molar-refractivity contribution in [2.24, 2.45) is 0 Å². The summed E-state index contributed by atoms with van der Waals surface area (Å²) in [5, 5.41) is 3.63. The Morgan fingerprint density at radius 1 is 1.41 bits per heavy atom. The third-order valence-electron chi connectivity index (χ3n) is 3.16. The van der Waals surface area contributed by atoms with Crippen LogP contribution in [0.4, 0.5) is 5.69 Å². The van der Waals surface area contributed by atoms with Crippen LogP contribution in [0.1, 0.15) is 26.3 Å². The Bertz CT molecular complexity index is 415. The quantitative estimate of drug-likeness (QED) is 0.855. The zero-order chi connectivity index (χ0) is 12.6. The van der Waals surface area contributed by atoms with Crippen molar-refractivity contribution >= 4 is 21.6 Å². The molecule has 1 aromatic rings. The average Bonchev–Trinajstić information content (AvgIpc) is 2.13. The molecule has 0 radical (unpaired) electrons. The van der Waals surface area contributed by atoms with Crippen molar-refractivity contribution in [2.75, 3.05) is 18.0 Å². The third kappa shape index (κ3) is 3.02. The minimum atomic E-state index is 0.169. The summed E-state index contributed by atoms with van der Waals surface area (Å²) >= 11 is 3.68. The first-order chi connectivity index (χ1) is 7.87. The van der Waals surface area contributed by atoms with Gasteiger partial charge in [0.2, 0.25) is 0 Å². The number of piperazine rings is 1. The lowest BCUT2D eigenvalue weighted by Crippen LogP contribution is -2.61. The van der Waals surface area contributed by atoms with Crippen molar-refractivity contribution in [3.63, 3.8) is 0 Å². The van der Waals surface area contributed by atoms with Gasteiger partial charge in [-0.25, -0.2) is 0 Å². The van der Waals surface area contributed by atoms with Crippen LogP contribution in [0.25, 0.3) is 0 Å². The molecule has 1 heterocycles. The number of nitrogens with one attached hydrogen (secondary N) is 1. The molecule has 1 aliphatic rings. The lowest BCUT2D eigenvalue weighted by Gasteiger charge is -2.44. The van der Waals surface area contributed by atoms with Gasteiger partial charge in [-0.1, -0.05) is 6.07 Å². The van der Waals surface area contributed by atoms with Gasteiger partial charge < -0.3 is 10.2 Å². The fourth-order valence-electron chi connectivity index (χ4n) is 2.68. The number of aryl methyl sites for hydroxylation is 1. The molecule has 1 atom stereocenters. The van der Waals surface area contributed by atoms with Crippen molar-refractivity contribution in [1.82, 2.24) is 5.32 Å². The molecule has 1 N–H and O–H groups in total. The van der Waals surface area contributed by atoms with Gasteiger partial charge in [0, 0.05) is 29.1 Å². The SMILES string of the molecule is Cc1ccc(N2CC(C)NC(C)(C)C2)c(Br)c1. The summed E-state index contributed by atoms with van der Waals surface area (Å²) in [5.41, 5.74) is 2.77. The highest BCUT2D eigenvalue weighted by Crippen LogP contribution is 2.30. The Balaban J connectivity index is 2.27. The normalized spacial score (nSPS) is 23.8. The summed E-state index contributed by atoms with van der Waals surface area (Å²) < 4.78 is 1.20. The number of halogens is 1. The maximum absolute atomic E-state index is 3.68. The van der Waals surface area contributed by atoms with E-state index < -0.39 is 0 Å². The molecule has 1 fully saturated rings. The van der Waals surface area contributed by atoms with Crippen LogP contribution in [0.2, 0.25) is 0 Å². The molecule has 2 nitrogen and oxygen atoms in total. The second kappa shape index (κ2) is 4.62. The van der Waals surface area contributed by atoms with Crippen LogP contribution < -0.4 is 10.2 Å². The predicted octanol–water partition coefficient (Wildman–Crippen LogP) is 3.33. The topological polar surface area (TPSA) is 15.3 Å². The van der Waals surface area contributed by atoms with E-state index in [0.29, 0.717) is 6.04 Å². The van der Waals surface area contributed by atoms with Gasteiger partial charge in [-0.3, -0.25) is 0 Å². The highest BCUT2D eigenvalue weighted by Gasteiger charge is 2.30. The summed E-state index contributed by atoms with van der Waals surface area (Å²) in [6.07, 6.45) is 0. The number of hydrogen-bond donors (Lipinski definition) is 1. The molecule has 2 rings (SSSR count). The van der Waals surface area contributed by atoms with E-state index in [-0.39, 0.29) is 5.54 Å². The van der Waals surface area contributed by atoms with E-state index in [1.54, 1.807) is 0 Å². The van der Waals surface area contributed by atoms with Gasteiger partial charge in [0.15, 0.2) is 0 Å². The van der Waals surface area contributed by atoms with Gasteiger partial charge in [-0.05, 0) is 61.3 Å². The molecule has 94 valence electrons. The lowest BCUT2D eigenvalue weighted by molar-refractivity contribution is 0.301. The maximum Gasteiger partial charge on any atom is 0.0512 e. The van der Waals surface area contributed by atoms with Crippen LogP contribution in [0.15, 0.2) is 22.7 Å². The second-order valence-corrected chi connectivity index (χ2v) is 6.62. The van der Waals surface area contributed by atoms with Crippen molar-refractivity contribution in [3.05, 3.63) is 28.2 Å². The number of anilines is 1. The maximum atomic E-state index is 3.68. The average molecular weight is 297 g/mol. The largest absolute Gasteiger partial charge is 0.367 e. The number of hydrogen-bond acceptors (Lipinski definition) is 2. The Hall–Kier alpha value is -0.540. The fraction of sp³-hybridized carbons (Fsp3) is 0.571. The van der Waals surface area contributed by atoms with Crippen LogP contribution in [0.5, 0.6) is 0 Å². The standard InChI is InChI=1S/C14H21BrN2/c1-10-5-6-13(12(15)7-10)17-8-11(2)16-14(3,4)9-17/h5-7,11,16H,8-9H2,1-4H3. The minimum Gasteiger partial charge on any atom is -0.367 e. The third-order valence-corrected chi connectivity index (χ3v) is 3.80. The molecule has 1 unspecified atom stereocenters. The van der Waals surface area contributed by atoms with E-state index in [4.69, 9.17) is 0 Å². The van der Waals surface area contributed by atoms with Crippen LogP contribution in [0.3, 0.4) is 0 Å². The van der Waals surface area contributed by atoms with Gasteiger partial charge in [0.1, 0.15) is 0 Å². The van der Waals surface area contributed by atoms with E-state index in [1.807, 2.05) is 0 Å². The molecule has 17 heavy (non-hydrogen) atoms. The van der Waals surface area contributed by atoms with E-state index >= 15 is 0 Å². The molecule has 0 aliphatic carbocycles. The van der Waals surface area contributed by atoms with Crippen LogP contribution in [0, 0.1) is 6.92 Å². The Kier molecular flexibility index (Phi) is 3.50. The molecule has 1 aliphatic heterocycles. The predicted molar refractivity (Wildman–Crippen MR) is 77.8 cm³/mol. The number of rotatable bonds is 1. The van der Waals surface area contributed by atoms with Crippen LogP contribution in [-0.2, 0) is 0 Å². The van der Waals surface area contributed by atoms with Gasteiger partial charge in [-0.2, -0.15) is 0 Å². The molecule has 1 aromatic carbocycles. The van der Waals surface area contributed by atoms with Crippen molar-refractivity contribution in [2.45, 2.75) is 39.3 Å². The summed E-state index contributed by atoms with van der Waals surface area (Å²) in [5.74, 6) is 0. The molecule has 0 bridgehead atoms. The molecule has 0 aromatic heterocycles. The Morgan fingerprint density at radius 2 is 2.12 bits per heavy atom. The number of benzene rings is 1. The molecular weight excluding hydrogens is 276 g/mol. The zero-order valence-corrected chi connectivity index (χ0v) is 12.6. The zero-order valence-electron chi connectivity index (χ0n) is 11.0. The lowest BCUT2D eigenvalue weighted by atomic mass is 9.98. The first kappa shape index (κ1) is 12.9. The summed E-state index contributed by atoms with van der Waals surface area (Å²) in [7, 11) is 0. The highest BCUT2D eigenvalue weighted by molar-refractivity contribution is 9.10. The Labute approximate surface area is 113 Å². The van der Waals surface area contributed by atoms with Crippen molar-refractivity contribution < 1.29 is 0 Å². The highest BCUT2D eigenvalue weighted by atomic mass is 79.9. The van der Waals surface area contributed by atoms with Gasteiger partial charge in [0.25, 0.3) is 0 Å². The molecule has 0 amide bonds. The minimum absolute atomic E-state index is 0.169. The van der Waals surface area contributed by atoms with E-state index in [1.165, 1.54) is 15.7 Å². The van der Waals surface area contributed by atoms with E-state index in [9.17, 15) is 0 Å². The van der Waals surface area contributed by atoms with Gasteiger partial charge >= 0.3 is 0 Å². The van der Waals surface area contributed by atoms with Gasteiger partial charge in [0.05, 0.1) is 5.69 Å². The van der Waals surface area contributed by atoms with Crippen molar-refractivity contribution in [1.29, 1.82) is 0 Å². The van der Waals surface area contributed by atoms with E-state index in [0.717, 1.165) is 13.1 Å². The Morgan fingerprint density at radius 3 is 2.71 bits per heavy atom. The molecule has 3 heteroatoms. The van der Waals surface area contributed by atoms with Crippen molar-refractivity contribution in [3.8, 4) is 0 Å². The summed E-state index contributed by atoms with van der Waals surface area (Å²) in [6, 6.07) is 7.11. The molecule has 1 saturated heterocycles. The van der Waals surface area contributed by atoms with Crippen LogP contribution in [-0.4, -0.2) is 24.7 Å². The molecule has 0 saturated carbocycles. The first-order valence-corrected chi connectivity index (χ1v) is 6.95. The summed E-state index contributed by atoms with van der Waals surface area (Å²) in [6.45, 7) is 11.0. The van der Waals surface area contributed by atoms with Crippen LogP contribution >= 0.6 is 15.9 Å². The fourth-order valence-corrected chi connectivity index (χ4v) is 3.43. The molecule has 0 spiro atoms. The molecular formula is C14H21BrN2. The summed E-state index contributed by atoms with van der Waals surface area (Å²) in [4.78, 5) is 2.46.